The van der Waals surface area contributed by atoms with Gasteiger partial charge >= 0.3 is 5.69 Å². The molecule has 2 rings (SSSR count). The molecule has 0 amide bonds. The molecule has 1 aromatic heterocycles. The average Bonchev–Trinajstić information content (AvgIpc) is 2.39. The average molecular weight is 268 g/mol. The van der Waals surface area contributed by atoms with Gasteiger partial charge in [-0.15, -0.1) is 0 Å². The van der Waals surface area contributed by atoms with Crippen LogP contribution >= 0.6 is 0 Å². The molecule has 2 heterocycles. The first-order valence-corrected chi connectivity index (χ1v) is 6.56. The number of piperidine rings is 1. The maximum Gasteiger partial charge on any atom is 0.330 e. The number of hydrogen-bond acceptors (Lipinski definition) is 5. The molecule has 1 saturated heterocycles. The van der Waals surface area contributed by atoms with Crippen LogP contribution in [0.15, 0.2) is 9.59 Å². The summed E-state index contributed by atoms with van der Waals surface area (Å²) in [6.45, 7) is 3.73. The Bertz CT molecular complexity index is 555. The highest BCUT2D eigenvalue weighted by Gasteiger charge is 2.23. The normalized spacial score (nSPS) is 16.8. The van der Waals surface area contributed by atoms with E-state index in [1.807, 2.05) is 4.90 Å². The highest BCUT2D eigenvalue weighted by atomic mass is 16.3. The van der Waals surface area contributed by atoms with Gasteiger partial charge in [-0.3, -0.25) is 14.3 Å². The molecule has 1 aliphatic heterocycles. The lowest BCUT2D eigenvalue weighted by Crippen LogP contribution is -2.42. The number of H-pyrrole nitrogens is 1. The second-order valence-corrected chi connectivity index (χ2v) is 4.85. The van der Waals surface area contributed by atoms with Crippen molar-refractivity contribution in [1.29, 1.82) is 0 Å². The Labute approximate surface area is 110 Å². The standard InChI is InChI=1S/C12H20N4O3/c1-2-16-10(13)9(11(18)14-12(16)19)15-5-3-8(7-17)4-6-15/h8,17H,2-7,13H2,1H3,(H,14,18,19). The Morgan fingerprint density at radius 2 is 2.00 bits per heavy atom. The van der Waals surface area contributed by atoms with Gasteiger partial charge in [0.15, 0.2) is 0 Å². The van der Waals surface area contributed by atoms with Gasteiger partial charge in [0.25, 0.3) is 5.56 Å². The minimum atomic E-state index is -0.473. The number of aliphatic hydroxyl groups excluding tert-OH is 1. The van der Waals surface area contributed by atoms with Crippen LogP contribution in [0.4, 0.5) is 11.5 Å². The van der Waals surface area contributed by atoms with Crippen molar-refractivity contribution in [2.75, 3.05) is 30.3 Å². The summed E-state index contributed by atoms with van der Waals surface area (Å²) in [5.74, 6) is 0.507. The van der Waals surface area contributed by atoms with E-state index in [-0.39, 0.29) is 18.3 Å². The van der Waals surface area contributed by atoms with Crippen molar-refractivity contribution in [1.82, 2.24) is 9.55 Å². The molecule has 0 aromatic carbocycles. The van der Waals surface area contributed by atoms with Crippen molar-refractivity contribution in [2.24, 2.45) is 5.92 Å². The second-order valence-electron chi connectivity index (χ2n) is 4.85. The van der Waals surface area contributed by atoms with Gasteiger partial charge in [-0.05, 0) is 25.7 Å². The lowest BCUT2D eigenvalue weighted by Gasteiger charge is -2.33. The quantitative estimate of drug-likeness (QED) is 0.675. The first-order chi connectivity index (χ1) is 9.08. The highest BCUT2D eigenvalue weighted by molar-refractivity contribution is 5.62. The third kappa shape index (κ3) is 2.51. The molecule has 1 fully saturated rings. The van der Waals surface area contributed by atoms with Crippen LogP contribution in [0, 0.1) is 5.92 Å². The van der Waals surface area contributed by atoms with E-state index in [9.17, 15) is 9.59 Å². The number of nitrogens with zero attached hydrogens (tertiary/aromatic N) is 2. The summed E-state index contributed by atoms with van der Waals surface area (Å²) in [6.07, 6.45) is 1.64. The van der Waals surface area contributed by atoms with Crippen LogP contribution in [0.5, 0.6) is 0 Å². The number of hydrogen-bond donors (Lipinski definition) is 3. The van der Waals surface area contributed by atoms with Crippen molar-refractivity contribution in [2.45, 2.75) is 26.3 Å². The number of anilines is 2. The second kappa shape index (κ2) is 5.48. The van der Waals surface area contributed by atoms with Crippen molar-refractivity contribution in [3.63, 3.8) is 0 Å². The molecule has 7 nitrogen and oxygen atoms in total. The molecular formula is C12H20N4O3. The van der Waals surface area contributed by atoms with Gasteiger partial charge in [0.2, 0.25) is 0 Å². The topological polar surface area (TPSA) is 104 Å². The molecular weight excluding hydrogens is 248 g/mol. The van der Waals surface area contributed by atoms with Crippen LogP contribution in [0.1, 0.15) is 19.8 Å². The van der Waals surface area contributed by atoms with Gasteiger partial charge in [-0.1, -0.05) is 0 Å². The van der Waals surface area contributed by atoms with E-state index in [0.717, 1.165) is 12.8 Å². The number of aromatic amines is 1. The van der Waals surface area contributed by atoms with Crippen molar-refractivity contribution >= 4 is 11.5 Å². The molecule has 7 heteroatoms. The first-order valence-electron chi connectivity index (χ1n) is 6.56. The van der Waals surface area contributed by atoms with Crippen molar-refractivity contribution < 1.29 is 5.11 Å². The van der Waals surface area contributed by atoms with Crippen LogP contribution in [-0.2, 0) is 6.54 Å². The zero-order valence-corrected chi connectivity index (χ0v) is 11.1. The predicted molar refractivity (Wildman–Crippen MR) is 73.4 cm³/mol. The molecule has 0 spiro atoms. The maximum absolute atomic E-state index is 11.9. The van der Waals surface area contributed by atoms with E-state index < -0.39 is 11.2 Å². The predicted octanol–water partition coefficient (Wildman–Crippen LogP) is -0.653. The monoisotopic (exact) mass is 268 g/mol. The molecule has 0 radical (unpaired) electrons. The molecule has 0 atom stereocenters. The van der Waals surface area contributed by atoms with Gasteiger partial charge in [0.05, 0.1) is 0 Å². The molecule has 0 saturated carbocycles. The third-order valence-electron chi connectivity index (χ3n) is 3.72. The van der Waals surface area contributed by atoms with Crippen LogP contribution < -0.4 is 21.9 Å². The minimum absolute atomic E-state index is 0.175. The summed E-state index contributed by atoms with van der Waals surface area (Å²) in [7, 11) is 0. The van der Waals surface area contributed by atoms with Crippen LogP contribution in [0.2, 0.25) is 0 Å². The number of nitrogens with one attached hydrogen (secondary N) is 1. The van der Waals surface area contributed by atoms with Gasteiger partial charge < -0.3 is 15.7 Å². The van der Waals surface area contributed by atoms with E-state index in [4.69, 9.17) is 10.8 Å². The van der Waals surface area contributed by atoms with Crippen molar-refractivity contribution in [3.8, 4) is 0 Å². The lowest BCUT2D eigenvalue weighted by atomic mass is 9.97. The number of aromatic nitrogens is 2. The Morgan fingerprint density at radius 3 is 2.53 bits per heavy atom. The van der Waals surface area contributed by atoms with E-state index in [0.29, 0.717) is 25.3 Å². The smallest absolute Gasteiger partial charge is 0.330 e. The van der Waals surface area contributed by atoms with Gasteiger partial charge in [0, 0.05) is 26.2 Å². The van der Waals surface area contributed by atoms with Crippen LogP contribution in [-0.4, -0.2) is 34.4 Å². The SMILES string of the molecule is CCn1c(N)c(N2CCC(CO)CC2)c(=O)[nH]c1=O. The summed E-state index contributed by atoms with van der Waals surface area (Å²) in [5, 5.41) is 9.12. The Kier molecular flexibility index (Phi) is 3.94. The van der Waals surface area contributed by atoms with E-state index in [2.05, 4.69) is 4.98 Å². The fourth-order valence-corrected chi connectivity index (χ4v) is 2.54. The largest absolute Gasteiger partial charge is 0.396 e. The summed E-state index contributed by atoms with van der Waals surface area (Å²) in [5.41, 5.74) is 5.41. The Balaban J connectivity index is 2.36. The summed E-state index contributed by atoms with van der Waals surface area (Å²) in [6, 6.07) is 0. The lowest BCUT2D eigenvalue weighted by molar-refractivity contribution is 0.203. The van der Waals surface area contributed by atoms with Gasteiger partial charge in [0.1, 0.15) is 11.5 Å². The Morgan fingerprint density at radius 1 is 1.37 bits per heavy atom. The van der Waals surface area contributed by atoms with Crippen LogP contribution in [0.25, 0.3) is 0 Å². The molecule has 19 heavy (non-hydrogen) atoms. The van der Waals surface area contributed by atoms with Gasteiger partial charge in [-0.2, -0.15) is 0 Å². The number of rotatable bonds is 3. The van der Waals surface area contributed by atoms with E-state index in [1.165, 1.54) is 4.57 Å². The summed E-state index contributed by atoms with van der Waals surface area (Å²) < 4.78 is 1.36. The summed E-state index contributed by atoms with van der Waals surface area (Å²) >= 11 is 0. The first kappa shape index (κ1) is 13.7. The zero-order valence-electron chi connectivity index (χ0n) is 11.1. The number of nitrogen functional groups attached to an aromatic ring is 1. The van der Waals surface area contributed by atoms with Gasteiger partial charge in [-0.25, -0.2) is 4.79 Å². The molecule has 0 bridgehead atoms. The molecule has 0 aliphatic carbocycles. The molecule has 106 valence electrons. The number of nitrogens with two attached hydrogens (primary N) is 1. The van der Waals surface area contributed by atoms with E-state index in [1.54, 1.807) is 6.92 Å². The molecule has 1 aliphatic rings. The van der Waals surface area contributed by atoms with Crippen molar-refractivity contribution in [3.05, 3.63) is 20.8 Å². The Hall–Kier alpha value is -1.76. The third-order valence-corrected chi connectivity index (χ3v) is 3.72. The molecule has 1 aromatic rings. The van der Waals surface area contributed by atoms with Crippen LogP contribution in [0.3, 0.4) is 0 Å². The highest BCUT2D eigenvalue weighted by Crippen LogP contribution is 2.23. The van der Waals surface area contributed by atoms with E-state index >= 15 is 0 Å². The molecule has 0 unspecified atom stereocenters. The fourth-order valence-electron chi connectivity index (χ4n) is 2.54. The fraction of sp³-hybridized carbons (Fsp3) is 0.667. The number of aliphatic hydroxyl groups is 1. The maximum atomic E-state index is 11.9. The molecule has 4 N–H and O–H groups in total. The zero-order chi connectivity index (χ0) is 14.0. The summed E-state index contributed by atoms with van der Waals surface area (Å²) in [4.78, 5) is 27.7. The minimum Gasteiger partial charge on any atom is -0.396 e.